The lowest BCUT2D eigenvalue weighted by Gasteiger charge is -2.41. The molecule has 1 heterocycles. The number of nitrogens with zero attached hydrogens (tertiary/aromatic N) is 1. The molecule has 3 rings (SSSR count). The second-order valence-corrected chi connectivity index (χ2v) is 6.91. The fourth-order valence-corrected chi connectivity index (χ4v) is 3.18. The van der Waals surface area contributed by atoms with E-state index in [1.54, 1.807) is 24.1 Å². The van der Waals surface area contributed by atoms with E-state index in [2.05, 4.69) is 5.32 Å². The highest BCUT2D eigenvalue weighted by Gasteiger charge is 2.37. The molecule has 2 aromatic rings. The van der Waals surface area contributed by atoms with Crippen molar-refractivity contribution < 1.29 is 18.8 Å². The molecular weight excluding hydrogens is 359 g/mol. The third kappa shape index (κ3) is 4.51. The molecule has 0 bridgehead atoms. The van der Waals surface area contributed by atoms with Crippen LogP contribution in [0.2, 0.25) is 0 Å². The van der Waals surface area contributed by atoms with Crippen LogP contribution in [-0.4, -0.2) is 24.0 Å². The predicted octanol–water partition coefficient (Wildman–Crippen LogP) is 4.88. The number of carbonyl (C=O) groups excluding carboxylic acids is 1. The minimum absolute atomic E-state index is 0.116. The van der Waals surface area contributed by atoms with Gasteiger partial charge in [0.1, 0.15) is 12.0 Å². The maximum Gasteiger partial charge on any atom is 0.528 e. The topological polar surface area (TPSA) is 50.8 Å². The van der Waals surface area contributed by atoms with Crippen molar-refractivity contribution in [2.75, 3.05) is 6.61 Å². The summed E-state index contributed by atoms with van der Waals surface area (Å²) in [5, 5.41) is 5.04. The minimum atomic E-state index is -0.765. The summed E-state index contributed by atoms with van der Waals surface area (Å²) in [4.78, 5) is 17.6. The maximum atomic E-state index is 13.5. The second kappa shape index (κ2) is 8.89. The van der Waals surface area contributed by atoms with E-state index in [0.29, 0.717) is 0 Å². The van der Waals surface area contributed by atoms with Crippen LogP contribution in [0.15, 0.2) is 60.7 Å². The zero-order valence-electron chi connectivity index (χ0n) is 16.3. The van der Waals surface area contributed by atoms with Crippen LogP contribution in [0.25, 0.3) is 5.70 Å². The third-order valence-corrected chi connectivity index (χ3v) is 4.55. The van der Waals surface area contributed by atoms with E-state index in [-0.39, 0.29) is 24.5 Å². The van der Waals surface area contributed by atoms with Gasteiger partial charge in [0.05, 0.1) is 12.6 Å². The van der Waals surface area contributed by atoms with E-state index in [1.165, 1.54) is 12.1 Å². The van der Waals surface area contributed by atoms with Crippen molar-refractivity contribution in [3.05, 3.63) is 77.6 Å². The highest BCUT2D eigenvalue weighted by atomic mass is 19.1. The molecule has 6 heteroatoms. The summed E-state index contributed by atoms with van der Waals surface area (Å²) in [6.07, 6.45) is 0.916. The Hall–Kier alpha value is -2.86. The minimum Gasteiger partial charge on any atom is -0.433 e. The van der Waals surface area contributed by atoms with Crippen LogP contribution in [0, 0.1) is 11.7 Å². The first-order chi connectivity index (χ1) is 13.5. The molecule has 148 valence electrons. The van der Waals surface area contributed by atoms with Gasteiger partial charge >= 0.3 is 6.16 Å². The van der Waals surface area contributed by atoms with Gasteiger partial charge in [-0.1, -0.05) is 56.3 Å². The van der Waals surface area contributed by atoms with Crippen molar-refractivity contribution in [1.29, 1.82) is 0 Å². The van der Waals surface area contributed by atoms with Crippen molar-refractivity contribution >= 4 is 11.9 Å². The van der Waals surface area contributed by atoms with Crippen LogP contribution in [0.5, 0.6) is 0 Å². The molecule has 1 aliphatic rings. The van der Waals surface area contributed by atoms with Crippen LogP contribution in [0.1, 0.15) is 37.9 Å². The molecule has 0 saturated heterocycles. The molecule has 2 aromatic carbocycles. The molecule has 0 aromatic heterocycles. The molecule has 2 atom stereocenters. The highest BCUT2D eigenvalue weighted by Crippen LogP contribution is 2.34. The quantitative estimate of drug-likeness (QED) is 0.745. The third-order valence-electron chi connectivity index (χ3n) is 4.55. The molecule has 1 N–H and O–H groups in total. The van der Waals surface area contributed by atoms with Crippen LogP contribution in [0.4, 0.5) is 9.18 Å². The maximum absolute atomic E-state index is 13.5. The molecule has 0 spiro atoms. The van der Waals surface area contributed by atoms with Crippen LogP contribution >= 0.6 is 0 Å². The summed E-state index contributed by atoms with van der Waals surface area (Å²) in [5.74, 6) is -0.201. The van der Waals surface area contributed by atoms with Crippen molar-refractivity contribution in [2.24, 2.45) is 5.92 Å². The largest absolute Gasteiger partial charge is 0.528 e. The smallest absolute Gasteiger partial charge is 0.433 e. The summed E-state index contributed by atoms with van der Waals surface area (Å²) < 4.78 is 18.4. The normalized spacial score (nSPS) is 19.7. The number of carbonyl (C=O) groups is 1. The van der Waals surface area contributed by atoms with Crippen LogP contribution in [0.3, 0.4) is 0 Å². The zero-order chi connectivity index (χ0) is 20.1. The molecule has 2 unspecified atom stereocenters. The molecule has 0 saturated carbocycles. The Morgan fingerprint density at radius 3 is 2.43 bits per heavy atom. The van der Waals surface area contributed by atoms with Gasteiger partial charge in [0.25, 0.3) is 0 Å². The van der Waals surface area contributed by atoms with Gasteiger partial charge in [-0.2, -0.15) is 0 Å². The van der Waals surface area contributed by atoms with Gasteiger partial charge in [0, 0.05) is 5.70 Å². The summed E-state index contributed by atoms with van der Waals surface area (Å²) >= 11 is 0. The standard InChI is InChI=1S/C22H25FN2O3/c1-4-27-22(26)28-25-20(17-10-12-18(23)13-11-17)14-19(24-21(25)15(2)3)16-8-6-5-7-9-16/h5-15,20-21,24H,4H2,1-3H3. The molecule has 0 radical (unpaired) electrons. The molecule has 0 aliphatic carbocycles. The first-order valence-electron chi connectivity index (χ1n) is 9.42. The van der Waals surface area contributed by atoms with Crippen molar-refractivity contribution in [2.45, 2.75) is 33.0 Å². The van der Waals surface area contributed by atoms with Gasteiger partial charge in [-0.15, -0.1) is 5.06 Å². The SMILES string of the molecule is CCOC(=O)ON1C(c2ccc(F)cc2)C=C(c2ccccc2)NC1C(C)C. The Balaban J connectivity index is 2.04. The summed E-state index contributed by atoms with van der Waals surface area (Å²) in [7, 11) is 0. The summed E-state index contributed by atoms with van der Waals surface area (Å²) in [6.45, 7) is 6.02. The lowest BCUT2D eigenvalue weighted by molar-refractivity contribution is -0.188. The van der Waals surface area contributed by atoms with E-state index < -0.39 is 12.2 Å². The molecule has 0 amide bonds. The number of nitrogens with one attached hydrogen (secondary N) is 1. The molecule has 1 aliphatic heterocycles. The number of benzene rings is 2. The Bertz CT molecular complexity index is 821. The van der Waals surface area contributed by atoms with E-state index in [4.69, 9.17) is 9.57 Å². The lowest BCUT2D eigenvalue weighted by Crippen LogP contribution is -2.53. The molecular formula is C22H25FN2O3. The first kappa shape index (κ1) is 19.9. The average molecular weight is 384 g/mol. The first-order valence-corrected chi connectivity index (χ1v) is 9.42. The van der Waals surface area contributed by atoms with E-state index >= 15 is 0 Å². The highest BCUT2D eigenvalue weighted by molar-refractivity contribution is 5.66. The van der Waals surface area contributed by atoms with E-state index in [1.807, 2.05) is 50.3 Å². The number of hydrogen-bond acceptors (Lipinski definition) is 5. The fraction of sp³-hybridized carbons (Fsp3) is 0.318. The molecule has 0 fully saturated rings. The van der Waals surface area contributed by atoms with Crippen molar-refractivity contribution in [3.63, 3.8) is 0 Å². The molecule has 5 nitrogen and oxygen atoms in total. The van der Waals surface area contributed by atoms with E-state index in [0.717, 1.165) is 16.8 Å². The van der Waals surface area contributed by atoms with E-state index in [9.17, 15) is 9.18 Å². The molecule has 28 heavy (non-hydrogen) atoms. The van der Waals surface area contributed by atoms with Gasteiger partial charge < -0.3 is 14.9 Å². The average Bonchev–Trinajstić information content (AvgIpc) is 2.69. The van der Waals surface area contributed by atoms with Gasteiger partial charge in [-0.3, -0.25) is 0 Å². The van der Waals surface area contributed by atoms with Gasteiger partial charge in [-0.05, 0) is 42.2 Å². The number of hydrogen-bond donors (Lipinski definition) is 1. The van der Waals surface area contributed by atoms with Crippen LogP contribution in [-0.2, 0) is 9.57 Å². The zero-order valence-corrected chi connectivity index (χ0v) is 16.3. The van der Waals surface area contributed by atoms with Gasteiger partial charge in [0.2, 0.25) is 0 Å². The van der Waals surface area contributed by atoms with Crippen molar-refractivity contribution in [1.82, 2.24) is 10.4 Å². The Labute approximate surface area is 164 Å². The Morgan fingerprint density at radius 2 is 1.82 bits per heavy atom. The second-order valence-electron chi connectivity index (χ2n) is 6.91. The summed E-state index contributed by atoms with van der Waals surface area (Å²) in [6, 6.07) is 15.7. The van der Waals surface area contributed by atoms with Gasteiger partial charge in [-0.25, -0.2) is 9.18 Å². The number of ether oxygens (including phenoxy) is 1. The monoisotopic (exact) mass is 384 g/mol. The number of hydroxylamine groups is 2. The van der Waals surface area contributed by atoms with Crippen molar-refractivity contribution in [3.8, 4) is 0 Å². The fourth-order valence-electron chi connectivity index (χ4n) is 3.18. The Kier molecular flexibility index (Phi) is 6.31. The number of halogens is 1. The predicted molar refractivity (Wildman–Crippen MR) is 105 cm³/mol. The number of rotatable bonds is 5. The van der Waals surface area contributed by atoms with Gasteiger partial charge in [0.15, 0.2) is 0 Å². The lowest BCUT2D eigenvalue weighted by atomic mass is 9.97. The summed E-state index contributed by atoms with van der Waals surface area (Å²) in [5.41, 5.74) is 2.76. The Morgan fingerprint density at radius 1 is 1.14 bits per heavy atom. The van der Waals surface area contributed by atoms with Crippen LogP contribution < -0.4 is 5.32 Å².